The van der Waals surface area contributed by atoms with E-state index < -0.39 is 0 Å². The molecule has 2 heterocycles. The Labute approximate surface area is 193 Å². The number of rotatable bonds is 10. The maximum atomic E-state index is 5.95. The van der Waals surface area contributed by atoms with Crippen molar-refractivity contribution in [2.24, 2.45) is 10.9 Å². The zero-order valence-electron chi connectivity index (χ0n) is 20.4. The first kappa shape index (κ1) is 25.8. The minimum absolute atomic E-state index is 0.503. The molecule has 3 rings (SSSR count). The van der Waals surface area contributed by atoms with Gasteiger partial charge in [0.25, 0.3) is 0 Å². The zero-order valence-corrected chi connectivity index (χ0v) is 20.4. The van der Waals surface area contributed by atoms with Gasteiger partial charge in [0, 0.05) is 39.3 Å². The highest BCUT2D eigenvalue weighted by Gasteiger charge is 2.23. The molecule has 0 bridgehead atoms. The van der Waals surface area contributed by atoms with Crippen molar-refractivity contribution in [3.8, 4) is 5.88 Å². The summed E-state index contributed by atoms with van der Waals surface area (Å²) in [6, 6.07) is 1.82. The van der Waals surface area contributed by atoms with Gasteiger partial charge >= 0.3 is 0 Å². The van der Waals surface area contributed by atoms with Crippen LogP contribution in [-0.2, 0) is 4.74 Å². The second-order valence-corrected chi connectivity index (χ2v) is 7.92. The Kier molecular flexibility index (Phi) is 11.2. The Morgan fingerprint density at radius 3 is 2.62 bits per heavy atom. The first-order valence-electron chi connectivity index (χ1n) is 11.7. The van der Waals surface area contributed by atoms with Crippen molar-refractivity contribution in [3.05, 3.63) is 29.9 Å². The number of aliphatic imine (C=N–C) groups is 1. The third-order valence-corrected chi connectivity index (χ3v) is 5.09. The van der Waals surface area contributed by atoms with Crippen LogP contribution in [0.2, 0.25) is 0 Å². The Bertz CT molecular complexity index is 783. The molecule has 0 amide bonds. The quantitative estimate of drug-likeness (QED) is 0.321. The molecule has 2 N–H and O–H groups in total. The highest BCUT2D eigenvalue weighted by atomic mass is 16.5. The lowest BCUT2D eigenvalue weighted by Crippen LogP contribution is -2.38. The molecular weight excluding hydrogens is 404 g/mol. The predicted octanol–water partition coefficient (Wildman–Crippen LogP) is 4.00. The van der Waals surface area contributed by atoms with Gasteiger partial charge in [-0.3, -0.25) is 9.89 Å². The lowest BCUT2D eigenvalue weighted by atomic mass is 10.2. The molecule has 178 valence electrons. The minimum atomic E-state index is 0.503. The summed E-state index contributed by atoms with van der Waals surface area (Å²) in [6.45, 7) is 17.5. The van der Waals surface area contributed by atoms with Crippen molar-refractivity contribution < 1.29 is 9.47 Å². The van der Waals surface area contributed by atoms with Gasteiger partial charge < -0.3 is 20.1 Å². The van der Waals surface area contributed by atoms with E-state index in [1.165, 1.54) is 18.4 Å². The van der Waals surface area contributed by atoms with E-state index in [-0.39, 0.29) is 0 Å². The Hall–Kier alpha value is -2.45. The van der Waals surface area contributed by atoms with Crippen LogP contribution in [-0.4, -0.2) is 73.8 Å². The Morgan fingerprint density at radius 1 is 1.28 bits per heavy atom. The summed E-state index contributed by atoms with van der Waals surface area (Å²) in [5.41, 5.74) is 2.35. The van der Waals surface area contributed by atoms with E-state index in [0.29, 0.717) is 36.7 Å². The maximum Gasteiger partial charge on any atom is 0.228 e. The van der Waals surface area contributed by atoms with Crippen molar-refractivity contribution in [2.75, 3.05) is 63.7 Å². The third kappa shape index (κ3) is 9.36. The maximum absolute atomic E-state index is 5.95. The van der Waals surface area contributed by atoms with Crippen molar-refractivity contribution in [1.29, 1.82) is 0 Å². The SMILES string of the molecule is C=C(C)CNc1nc(NC(/C=C(\C)C2CC2)=NC)cc(OCCN2CCOCC2)n1.CC. The van der Waals surface area contributed by atoms with Crippen molar-refractivity contribution in [1.82, 2.24) is 14.9 Å². The molecule has 0 unspecified atom stereocenters. The van der Waals surface area contributed by atoms with Crippen LogP contribution in [0.25, 0.3) is 0 Å². The minimum Gasteiger partial charge on any atom is -0.476 e. The third-order valence-electron chi connectivity index (χ3n) is 5.09. The molecule has 8 heteroatoms. The first-order valence-corrected chi connectivity index (χ1v) is 11.7. The van der Waals surface area contributed by atoms with Gasteiger partial charge in [0.1, 0.15) is 18.3 Å². The highest BCUT2D eigenvalue weighted by molar-refractivity contribution is 6.03. The van der Waals surface area contributed by atoms with E-state index >= 15 is 0 Å². The summed E-state index contributed by atoms with van der Waals surface area (Å²) in [6.07, 6.45) is 4.63. The van der Waals surface area contributed by atoms with Crippen LogP contribution in [0.4, 0.5) is 11.8 Å². The van der Waals surface area contributed by atoms with E-state index in [1.54, 1.807) is 7.05 Å². The monoisotopic (exact) mass is 444 g/mol. The second-order valence-electron chi connectivity index (χ2n) is 7.92. The number of allylic oxidation sites excluding steroid dienone is 1. The molecule has 8 nitrogen and oxygen atoms in total. The first-order chi connectivity index (χ1) is 15.5. The smallest absolute Gasteiger partial charge is 0.228 e. The van der Waals surface area contributed by atoms with Crippen LogP contribution < -0.4 is 15.4 Å². The van der Waals surface area contributed by atoms with Crippen molar-refractivity contribution >= 4 is 17.6 Å². The Morgan fingerprint density at radius 2 is 2.00 bits per heavy atom. The number of nitrogens with one attached hydrogen (secondary N) is 2. The molecule has 1 aromatic rings. The molecule has 1 aliphatic heterocycles. The van der Waals surface area contributed by atoms with Gasteiger partial charge in [-0.25, -0.2) is 0 Å². The molecule has 0 aromatic carbocycles. The van der Waals surface area contributed by atoms with Gasteiger partial charge in [0.15, 0.2) is 0 Å². The van der Waals surface area contributed by atoms with E-state index in [0.717, 1.165) is 44.3 Å². The number of aromatic nitrogens is 2. The molecule has 1 saturated heterocycles. The number of amidine groups is 1. The largest absolute Gasteiger partial charge is 0.476 e. The number of anilines is 2. The number of ether oxygens (including phenoxy) is 2. The van der Waals surface area contributed by atoms with Crippen molar-refractivity contribution in [2.45, 2.75) is 40.5 Å². The summed E-state index contributed by atoms with van der Waals surface area (Å²) in [4.78, 5) is 15.8. The molecule has 1 aromatic heterocycles. The fourth-order valence-electron chi connectivity index (χ4n) is 3.14. The van der Waals surface area contributed by atoms with Gasteiger partial charge in [-0.1, -0.05) is 31.6 Å². The fraction of sp³-hybridized carbons (Fsp3) is 0.625. The van der Waals surface area contributed by atoms with Gasteiger partial charge in [-0.15, -0.1) is 0 Å². The summed E-state index contributed by atoms with van der Waals surface area (Å²) in [7, 11) is 1.78. The van der Waals surface area contributed by atoms with Crippen LogP contribution in [0, 0.1) is 5.92 Å². The molecule has 2 aliphatic rings. The number of nitrogens with zero attached hydrogens (tertiary/aromatic N) is 4. The molecule has 0 atom stereocenters. The van der Waals surface area contributed by atoms with Crippen LogP contribution in [0.1, 0.15) is 40.5 Å². The van der Waals surface area contributed by atoms with E-state index in [2.05, 4.69) is 50.1 Å². The summed E-state index contributed by atoms with van der Waals surface area (Å²) in [5.74, 6) is 3.16. The zero-order chi connectivity index (χ0) is 23.3. The molecule has 2 fully saturated rings. The van der Waals surface area contributed by atoms with E-state index in [4.69, 9.17) is 9.47 Å². The molecular formula is C24H40N6O2. The average molecular weight is 445 g/mol. The lowest BCUT2D eigenvalue weighted by molar-refractivity contribution is 0.0320. The molecule has 0 radical (unpaired) electrons. The van der Waals surface area contributed by atoms with Gasteiger partial charge in [-0.2, -0.15) is 9.97 Å². The number of morpholine rings is 1. The predicted molar refractivity (Wildman–Crippen MR) is 133 cm³/mol. The number of hydrogen-bond donors (Lipinski definition) is 2. The highest BCUT2D eigenvalue weighted by Crippen LogP contribution is 2.36. The van der Waals surface area contributed by atoms with Gasteiger partial charge in [0.05, 0.1) is 13.2 Å². The van der Waals surface area contributed by atoms with Crippen LogP contribution in [0.15, 0.2) is 34.9 Å². The topological polar surface area (TPSA) is 83.9 Å². The van der Waals surface area contributed by atoms with Gasteiger partial charge in [0.2, 0.25) is 11.8 Å². The second kappa shape index (κ2) is 13.9. The van der Waals surface area contributed by atoms with E-state index in [9.17, 15) is 0 Å². The van der Waals surface area contributed by atoms with E-state index in [1.807, 2.05) is 26.8 Å². The normalized spacial score (nSPS) is 17.3. The summed E-state index contributed by atoms with van der Waals surface area (Å²) >= 11 is 0. The fourth-order valence-corrected chi connectivity index (χ4v) is 3.14. The molecule has 32 heavy (non-hydrogen) atoms. The number of hydrogen-bond acceptors (Lipinski definition) is 7. The standard InChI is InChI=1S/C22H34N6O2.C2H6/c1-16(2)15-24-22-26-20(25-19(23-4)13-17(3)18-5-6-18)14-21(27-22)30-12-9-28-7-10-29-11-8-28;1-2/h13-14,18H,1,5-12,15H2,2-4H3,(H2,23,24,25,26,27);1-2H3/b17-13+;. The average Bonchev–Trinajstić information content (AvgIpc) is 3.65. The lowest BCUT2D eigenvalue weighted by Gasteiger charge is -2.26. The summed E-state index contributed by atoms with van der Waals surface area (Å²) < 4.78 is 11.3. The van der Waals surface area contributed by atoms with Crippen LogP contribution >= 0.6 is 0 Å². The van der Waals surface area contributed by atoms with Gasteiger partial charge in [-0.05, 0) is 38.7 Å². The van der Waals surface area contributed by atoms with Crippen molar-refractivity contribution in [3.63, 3.8) is 0 Å². The Balaban J connectivity index is 0.00000176. The van der Waals surface area contributed by atoms with Crippen LogP contribution in [0.5, 0.6) is 5.88 Å². The molecule has 1 saturated carbocycles. The molecule has 1 aliphatic carbocycles. The molecule has 0 spiro atoms. The van der Waals surface area contributed by atoms with Crippen LogP contribution in [0.3, 0.4) is 0 Å². The summed E-state index contributed by atoms with van der Waals surface area (Å²) in [5, 5.41) is 6.50.